The smallest absolute Gasteiger partial charge is 0.324 e. The van der Waals surface area contributed by atoms with E-state index in [9.17, 15) is 13.2 Å². The lowest BCUT2D eigenvalue weighted by molar-refractivity contribution is -0.141. The molecule has 1 aromatic heterocycles. The SMILES string of the molecule is CC(N)c1ccc(C(F)(F)F)nc1.Cl. The molecule has 0 fully saturated rings. The molecule has 0 saturated heterocycles. The lowest BCUT2D eigenvalue weighted by Gasteiger charge is -2.08. The standard InChI is InChI=1S/C8H9F3N2.ClH/c1-5(12)6-2-3-7(13-4-6)8(9,10)11;/h2-5H,12H2,1H3;1H. The number of pyridine rings is 1. The quantitative estimate of drug-likeness (QED) is 0.799. The number of alkyl halides is 3. The van der Waals surface area contributed by atoms with E-state index >= 15 is 0 Å². The number of nitrogens with zero attached hydrogens (tertiary/aromatic N) is 1. The third kappa shape index (κ3) is 3.16. The summed E-state index contributed by atoms with van der Waals surface area (Å²) in [5.74, 6) is 0. The summed E-state index contributed by atoms with van der Waals surface area (Å²) in [5, 5.41) is 0. The summed E-state index contributed by atoms with van der Waals surface area (Å²) in [4.78, 5) is 3.27. The second kappa shape index (κ2) is 4.61. The molecule has 80 valence electrons. The second-order valence-corrected chi connectivity index (χ2v) is 2.76. The molecule has 2 N–H and O–H groups in total. The zero-order chi connectivity index (χ0) is 10.1. The van der Waals surface area contributed by atoms with Crippen LogP contribution in [0.15, 0.2) is 18.3 Å². The van der Waals surface area contributed by atoms with E-state index < -0.39 is 11.9 Å². The molecule has 1 rings (SSSR count). The number of halogens is 4. The monoisotopic (exact) mass is 226 g/mol. The normalized spacial score (nSPS) is 13.2. The molecule has 0 aliphatic carbocycles. The van der Waals surface area contributed by atoms with Crippen LogP contribution in [0.4, 0.5) is 13.2 Å². The minimum atomic E-state index is -4.38. The Labute approximate surface area is 85.7 Å². The average molecular weight is 227 g/mol. The maximum atomic E-state index is 12.0. The maximum absolute atomic E-state index is 12.0. The molecule has 1 unspecified atom stereocenters. The molecule has 14 heavy (non-hydrogen) atoms. The lowest BCUT2D eigenvalue weighted by Crippen LogP contribution is -2.10. The van der Waals surface area contributed by atoms with Gasteiger partial charge in [0.25, 0.3) is 0 Å². The number of aromatic nitrogens is 1. The van der Waals surface area contributed by atoms with Gasteiger partial charge in [-0.25, -0.2) is 0 Å². The molecule has 0 amide bonds. The van der Waals surface area contributed by atoms with Crippen LogP contribution in [0.1, 0.15) is 24.2 Å². The number of nitrogens with two attached hydrogens (primary N) is 1. The minimum absolute atomic E-state index is 0. The fourth-order valence-corrected chi connectivity index (χ4v) is 0.842. The van der Waals surface area contributed by atoms with Gasteiger partial charge in [-0.15, -0.1) is 12.4 Å². The van der Waals surface area contributed by atoms with E-state index in [1.54, 1.807) is 6.92 Å². The summed E-state index contributed by atoms with van der Waals surface area (Å²) >= 11 is 0. The summed E-state index contributed by atoms with van der Waals surface area (Å²) < 4.78 is 36.1. The molecule has 6 heteroatoms. The highest BCUT2D eigenvalue weighted by Gasteiger charge is 2.32. The highest BCUT2D eigenvalue weighted by molar-refractivity contribution is 5.85. The number of hydrogen-bond acceptors (Lipinski definition) is 2. The minimum Gasteiger partial charge on any atom is -0.324 e. The summed E-state index contributed by atoms with van der Waals surface area (Å²) in [5.41, 5.74) is 5.15. The molecule has 0 aliphatic rings. The van der Waals surface area contributed by atoms with Gasteiger partial charge >= 0.3 is 6.18 Å². The molecule has 0 aliphatic heterocycles. The predicted molar refractivity (Wildman–Crippen MR) is 49.1 cm³/mol. The van der Waals surface area contributed by atoms with Crippen LogP contribution in [0.25, 0.3) is 0 Å². The Balaban J connectivity index is 0.00000169. The largest absolute Gasteiger partial charge is 0.433 e. The van der Waals surface area contributed by atoms with Crippen molar-refractivity contribution < 1.29 is 13.2 Å². The van der Waals surface area contributed by atoms with Gasteiger partial charge in [0.15, 0.2) is 0 Å². The van der Waals surface area contributed by atoms with E-state index in [-0.39, 0.29) is 18.4 Å². The molecule has 0 saturated carbocycles. The van der Waals surface area contributed by atoms with Crippen molar-refractivity contribution in [1.82, 2.24) is 4.98 Å². The van der Waals surface area contributed by atoms with Gasteiger partial charge in [-0.05, 0) is 18.6 Å². The molecule has 0 aromatic carbocycles. The van der Waals surface area contributed by atoms with E-state index in [1.807, 2.05) is 0 Å². The summed E-state index contributed by atoms with van der Waals surface area (Å²) in [6.07, 6.45) is -3.23. The van der Waals surface area contributed by atoms with Crippen molar-refractivity contribution in [3.05, 3.63) is 29.6 Å². The third-order valence-electron chi connectivity index (χ3n) is 1.60. The Hall–Kier alpha value is -0.810. The van der Waals surface area contributed by atoms with Crippen LogP contribution in [-0.2, 0) is 6.18 Å². The topological polar surface area (TPSA) is 38.9 Å². The van der Waals surface area contributed by atoms with Crippen molar-refractivity contribution in [2.24, 2.45) is 5.73 Å². The first-order valence-corrected chi connectivity index (χ1v) is 3.70. The van der Waals surface area contributed by atoms with Crippen LogP contribution in [0.2, 0.25) is 0 Å². The highest BCUT2D eigenvalue weighted by atomic mass is 35.5. The molecular formula is C8H10ClF3N2. The van der Waals surface area contributed by atoms with Crippen molar-refractivity contribution >= 4 is 12.4 Å². The first kappa shape index (κ1) is 13.2. The Morgan fingerprint density at radius 2 is 1.93 bits per heavy atom. The average Bonchev–Trinajstić information content (AvgIpc) is 2.03. The van der Waals surface area contributed by atoms with Gasteiger partial charge in [-0.3, -0.25) is 4.98 Å². The molecule has 1 heterocycles. The number of hydrogen-bond donors (Lipinski definition) is 1. The van der Waals surface area contributed by atoms with E-state index in [4.69, 9.17) is 5.73 Å². The molecule has 1 aromatic rings. The zero-order valence-electron chi connectivity index (χ0n) is 7.38. The van der Waals surface area contributed by atoms with Crippen LogP contribution in [0.5, 0.6) is 0 Å². The van der Waals surface area contributed by atoms with Gasteiger partial charge < -0.3 is 5.73 Å². The number of rotatable bonds is 1. The molecule has 0 spiro atoms. The zero-order valence-corrected chi connectivity index (χ0v) is 8.19. The Kier molecular flexibility index (Phi) is 4.35. The van der Waals surface area contributed by atoms with Crippen LogP contribution >= 0.6 is 12.4 Å². The Morgan fingerprint density at radius 3 is 2.21 bits per heavy atom. The predicted octanol–water partition coefficient (Wildman–Crippen LogP) is 2.54. The van der Waals surface area contributed by atoms with Crippen molar-refractivity contribution in [1.29, 1.82) is 0 Å². The second-order valence-electron chi connectivity index (χ2n) is 2.76. The third-order valence-corrected chi connectivity index (χ3v) is 1.60. The summed E-state index contributed by atoms with van der Waals surface area (Å²) in [6, 6.07) is 1.97. The van der Waals surface area contributed by atoms with Crippen LogP contribution < -0.4 is 5.73 Å². The fraction of sp³-hybridized carbons (Fsp3) is 0.375. The Morgan fingerprint density at radius 1 is 1.36 bits per heavy atom. The van der Waals surface area contributed by atoms with E-state index in [0.29, 0.717) is 5.56 Å². The van der Waals surface area contributed by atoms with Gasteiger partial charge in [0, 0.05) is 12.2 Å². The van der Waals surface area contributed by atoms with Gasteiger partial charge in [-0.2, -0.15) is 13.2 Å². The van der Waals surface area contributed by atoms with Crippen LogP contribution in [-0.4, -0.2) is 4.98 Å². The van der Waals surface area contributed by atoms with Crippen LogP contribution in [0.3, 0.4) is 0 Å². The molecular weight excluding hydrogens is 217 g/mol. The van der Waals surface area contributed by atoms with Crippen molar-refractivity contribution in [2.75, 3.05) is 0 Å². The lowest BCUT2D eigenvalue weighted by atomic mass is 10.1. The molecule has 0 radical (unpaired) electrons. The maximum Gasteiger partial charge on any atom is 0.433 e. The Bertz CT molecular complexity index is 282. The van der Waals surface area contributed by atoms with Crippen molar-refractivity contribution in [3.63, 3.8) is 0 Å². The van der Waals surface area contributed by atoms with Crippen molar-refractivity contribution in [3.8, 4) is 0 Å². The van der Waals surface area contributed by atoms with Crippen molar-refractivity contribution in [2.45, 2.75) is 19.1 Å². The molecule has 2 nitrogen and oxygen atoms in total. The van der Waals surface area contributed by atoms with E-state index in [0.717, 1.165) is 12.3 Å². The molecule has 0 bridgehead atoms. The van der Waals surface area contributed by atoms with E-state index in [1.165, 1.54) is 6.07 Å². The molecule has 1 atom stereocenters. The van der Waals surface area contributed by atoms with E-state index in [2.05, 4.69) is 4.98 Å². The van der Waals surface area contributed by atoms with Gasteiger partial charge in [0.05, 0.1) is 0 Å². The highest BCUT2D eigenvalue weighted by Crippen LogP contribution is 2.27. The first-order chi connectivity index (χ1) is 5.91. The van der Waals surface area contributed by atoms with Crippen LogP contribution in [0, 0.1) is 0 Å². The fourth-order valence-electron chi connectivity index (χ4n) is 0.842. The van der Waals surface area contributed by atoms with Gasteiger partial charge in [0.2, 0.25) is 0 Å². The summed E-state index contributed by atoms with van der Waals surface area (Å²) in [6.45, 7) is 1.68. The first-order valence-electron chi connectivity index (χ1n) is 3.70. The summed E-state index contributed by atoms with van der Waals surface area (Å²) in [7, 11) is 0. The van der Waals surface area contributed by atoms with Gasteiger partial charge in [-0.1, -0.05) is 6.07 Å². The van der Waals surface area contributed by atoms with Gasteiger partial charge in [0.1, 0.15) is 5.69 Å².